The van der Waals surface area contributed by atoms with Gasteiger partial charge in [0.05, 0.1) is 6.04 Å². The lowest BCUT2D eigenvalue weighted by Crippen LogP contribution is -2.24. The number of amides is 1. The molecule has 0 spiro atoms. The molecule has 4 N–H and O–H groups in total. The number of H-pyrrole nitrogens is 2. The zero-order chi connectivity index (χ0) is 26.0. The van der Waals surface area contributed by atoms with Crippen LogP contribution in [0, 0.1) is 0 Å². The van der Waals surface area contributed by atoms with Crippen LogP contribution in [0.25, 0.3) is 22.4 Å². The summed E-state index contributed by atoms with van der Waals surface area (Å²) >= 11 is 0. The Labute approximate surface area is 206 Å². The average Bonchev–Trinajstić information content (AvgIpc) is 3.58. The fourth-order valence-corrected chi connectivity index (χ4v) is 3.61. The van der Waals surface area contributed by atoms with E-state index in [-0.39, 0.29) is 29.4 Å². The van der Waals surface area contributed by atoms with Crippen molar-refractivity contribution in [1.29, 1.82) is 0 Å². The molecule has 1 atom stereocenters. The Morgan fingerprint density at radius 2 is 1.89 bits per heavy atom. The predicted octanol–water partition coefficient (Wildman–Crippen LogP) is 3.05. The third-order valence-corrected chi connectivity index (χ3v) is 5.50. The van der Waals surface area contributed by atoms with E-state index in [2.05, 4.69) is 56.4 Å². The number of carbonyl (C=O) groups excluding carboxylic acids is 1. The number of anilines is 1. The lowest BCUT2D eigenvalue weighted by atomic mass is 10.1. The molecule has 188 valence electrons. The Bertz CT molecular complexity index is 1530. The van der Waals surface area contributed by atoms with Gasteiger partial charge in [-0.15, -0.1) is 10.2 Å². The lowest BCUT2D eigenvalue weighted by molar-refractivity contribution is -0.141. The summed E-state index contributed by atoms with van der Waals surface area (Å²) in [6.07, 6.45) is -2.32. The first-order chi connectivity index (χ1) is 17.8. The largest absolute Gasteiger partial charge is 0.433 e. The van der Waals surface area contributed by atoms with Gasteiger partial charge in [0.2, 0.25) is 5.82 Å². The maximum atomic E-state index is 12.9. The highest BCUT2D eigenvalue weighted by molar-refractivity contribution is 6.04. The number of carbonyl (C=O) groups is 1. The minimum absolute atomic E-state index is 0.00719. The number of tetrazole rings is 1. The van der Waals surface area contributed by atoms with E-state index in [9.17, 15) is 18.0 Å². The molecule has 0 aliphatic heterocycles. The van der Waals surface area contributed by atoms with Crippen molar-refractivity contribution in [2.45, 2.75) is 25.7 Å². The van der Waals surface area contributed by atoms with Gasteiger partial charge in [0, 0.05) is 18.3 Å². The number of fused-ring (bicyclic) bond motifs is 1. The number of hydrogen-bond acceptors (Lipinski definition) is 9. The first kappa shape index (κ1) is 23.8. The van der Waals surface area contributed by atoms with Crippen molar-refractivity contribution in [2.24, 2.45) is 0 Å². The summed E-state index contributed by atoms with van der Waals surface area (Å²) in [6, 6.07) is 9.65. The van der Waals surface area contributed by atoms with Crippen molar-refractivity contribution < 1.29 is 18.0 Å². The molecule has 5 aromatic rings. The normalized spacial score (nSPS) is 12.4. The van der Waals surface area contributed by atoms with Gasteiger partial charge in [-0.25, -0.2) is 9.97 Å². The first-order valence-electron chi connectivity index (χ1n) is 10.9. The minimum Gasteiger partial charge on any atom is -0.360 e. The second kappa shape index (κ2) is 9.60. The predicted molar refractivity (Wildman–Crippen MR) is 124 cm³/mol. The summed E-state index contributed by atoms with van der Waals surface area (Å²) in [5.41, 5.74) is 1.64. The van der Waals surface area contributed by atoms with Crippen molar-refractivity contribution in [3.05, 3.63) is 71.4 Å². The molecule has 4 heterocycles. The van der Waals surface area contributed by atoms with E-state index in [0.29, 0.717) is 17.2 Å². The number of alkyl halides is 3. The Morgan fingerprint density at radius 3 is 2.62 bits per heavy atom. The summed E-state index contributed by atoms with van der Waals surface area (Å²) in [6.45, 7) is 1.79. The third kappa shape index (κ3) is 5.05. The smallest absolute Gasteiger partial charge is 0.360 e. The summed E-state index contributed by atoms with van der Waals surface area (Å²) < 4.78 is 38.7. The molecule has 4 aromatic heterocycles. The van der Waals surface area contributed by atoms with E-state index >= 15 is 0 Å². The first-order valence-corrected chi connectivity index (χ1v) is 10.9. The maximum Gasteiger partial charge on any atom is 0.433 e. The van der Waals surface area contributed by atoms with E-state index in [0.717, 1.165) is 23.4 Å². The van der Waals surface area contributed by atoms with Crippen LogP contribution < -0.4 is 10.6 Å². The van der Waals surface area contributed by atoms with Crippen LogP contribution in [0.4, 0.5) is 19.0 Å². The van der Waals surface area contributed by atoms with Crippen LogP contribution in [-0.4, -0.2) is 51.7 Å². The van der Waals surface area contributed by atoms with Gasteiger partial charge in [0.15, 0.2) is 11.5 Å². The summed E-state index contributed by atoms with van der Waals surface area (Å²) in [5, 5.41) is 26.7. The van der Waals surface area contributed by atoms with Crippen LogP contribution in [0.15, 0.2) is 48.9 Å². The molecule has 5 rings (SSSR count). The van der Waals surface area contributed by atoms with Gasteiger partial charge in [0.1, 0.15) is 23.1 Å². The van der Waals surface area contributed by atoms with E-state index in [4.69, 9.17) is 0 Å². The molecular weight excluding hydrogens is 491 g/mol. The number of nitrogens with one attached hydrogen (secondary N) is 4. The summed E-state index contributed by atoms with van der Waals surface area (Å²) in [4.78, 5) is 24.3. The van der Waals surface area contributed by atoms with Gasteiger partial charge in [-0.1, -0.05) is 24.3 Å². The third-order valence-electron chi connectivity index (χ3n) is 5.50. The van der Waals surface area contributed by atoms with Crippen LogP contribution in [0.5, 0.6) is 0 Å². The number of hydrogen-bond donors (Lipinski definition) is 4. The van der Waals surface area contributed by atoms with Crippen LogP contribution in [0.2, 0.25) is 0 Å². The van der Waals surface area contributed by atoms with E-state index in [1.807, 2.05) is 31.2 Å². The monoisotopic (exact) mass is 509 g/mol. The Morgan fingerprint density at radius 1 is 1.08 bits per heavy atom. The van der Waals surface area contributed by atoms with Crippen molar-refractivity contribution in [2.75, 3.05) is 5.32 Å². The topological polar surface area (TPSA) is 163 Å². The lowest BCUT2D eigenvalue weighted by Gasteiger charge is -2.14. The fourth-order valence-electron chi connectivity index (χ4n) is 3.61. The number of aromatic nitrogens is 9. The van der Waals surface area contributed by atoms with Gasteiger partial charge in [-0.2, -0.15) is 23.5 Å². The number of aromatic amines is 2. The van der Waals surface area contributed by atoms with Crippen LogP contribution in [0.3, 0.4) is 0 Å². The number of nitrogens with zero attached hydrogens (tertiary/aromatic N) is 7. The van der Waals surface area contributed by atoms with Gasteiger partial charge in [-0.05, 0) is 35.4 Å². The van der Waals surface area contributed by atoms with Crippen LogP contribution in [0.1, 0.15) is 40.3 Å². The highest BCUT2D eigenvalue weighted by Gasteiger charge is 2.32. The molecule has 0 saturated heterocycles. The Hall–Kier alpha value is -4.95. The molecule has 0 radical (unpaired) electrons. The molecule has 0 aliphatic carbocycles. The molecule has 0 aliphatic rings. The summed E-state index contributed by atoms with van der Waals surface area (Å²) in [7, 11) is 0. The second-order valence-electron chi connectivity index (χ2n) is 7.97. The van der Waals surface area contributed by atoms with Crippen LogP contribution in [-0.2, 0) is 12.7 Å². The Balaban J connectivity index is 1.29. The van der Waals surface area contributed by atoms with Gasteiger partial charge in [0.25, 0.3) is 5.91 Å². The standard InChI is InChI=1S/C22H18F3N11O/c1-11(13-2-4-14(5-3-13)19-33-35-36-34-19)30-20-17-16(31-32-20)18(29-10-28-17)21(37)27-9-12-6-7-26-15(8-12)22(23,24)25/h2-8,10-11H,9H2,1H3,(H,27,37)(H2,30,31,32)(H,33,34,35,36). The van der Waals surface area contributed by atoms with Crippen LogP contribution >= 0.6 is 0 Å². The quantitative estimate of drug-likeness (QED) is 0.258. The molecule has 1 amide bonds. The zero-order valence-corrected chi connectivity index (χ0v) is 19.1. The molecule has 1 aromatic carbocycles. The zero-order valence-electron chi connectivity index (χ0n) is 19.1. The molecular formula is C22H18F3N11O. The second-order valence-corrected chi connectivity index (χ2v) is 7.97. The van der Waals surface area contributed by atoms with Crippen molar-refractivity contribution in [3.8, 4) is 11.4 Å². The summed E-state index contributed by atoms with van der Waals surface area (Å²) in [5.74, 6) is 0.293. The molecule has 1 unspecified atom stereocenters. The highest BCUT2D eigenvalue weighted by atomic mass is 19.4. The highest BCUT2D eigenvalue weighted by Crippen LogP contribution is 2.28. The van der Waals surface area contributed by atoms with Crippen molar-refractivity contribution in [1.82, 2.24) is 51.1 Å². The fraction of sp³-hybridized carbons (Fsp3) is 0.182. The van der Waals surface area contributed by atoms with E-state index in [1.165, 1.54) is 12.4 Å². The van der Waals surface area contributed by atoms with Gasteiger partial charge >= 0.3 is 6.18 Å². The number of halogens is 3. The minimum atomic E-state index is -4.58. The van der Waals surface area contributed by atoms with Gasteiger partial charge < -0.3 is 10.6 Å². The molecule has 12 nitrogen and oxygen atoms in total. The van der Waals surface area contributed by atoms with Crippen molar-refractivity contribution in [3.63, 3.8) is 0 Å². The van der Waals surface area contributed by atoms with Crippen molar-refractivity contribution >= 4 is 22.8 Å². The number of rotatable bonds is 7. The number of benzene rings is 1. The Kier molecular flexibility index (Phi) is 6.17. The molecule has 0 saturated carbocycles. The number of pyridine rings is 1. The van der Waals surface area contributed by atoms with Gasteiger partial charge in [-0.3, -0.25) is 14.9 Å². The van der Waals surface area contributed by atoms with E-state index < -0.39 is 17.8 Å². The average molecular weight is 509 g/mol. The molecule has 37 heavy (non-hydrogen) atoms. The molecule has 0 fully saturated rings. The SMILES string of the molecule is CC(Nc1n[nH]c2c(C(=O)NCc3ccnc(C(F)(F)F)c3)ncnc12)c1ccc(-c2nn[nH]n2)cc1. The molecule has 0 bridgehead atoms. The van der Waals surface area contributed by atoms with E-state index in [1.54, 1.807) is 0 Å². The molecule has 15 heteroatoms. The maximum absolute atomic E-state index is 12.9.